The Morgan fingerprint density at radius 3 is 2.12 bits per heavy atom. The summed E-state index contributed by atoms with van der Waals surface area (Å²) < 4.78 is 13.0. The van der Waals surface area contributed by atoms with E-state index in [0.29, 0.717) is 16.9 Å². The molecule has 3 amide bonds. The topological polar surface area (TPSA) is 78.5 Å². The summed E-state index contributed by atoms with van der Waals surface area (Å²) in [6, 6.07) is 20.8. The summed E-state index contributed by atoms with van der Waals surface area (Å²) in [5.74, 6) is -1.87. The Labute approximate surface area is 188 Å². The highest BCUT2D eigenvalue weighted by atomic mass is 35.5. The quantitative estimate of drug-likeness (QED) is 0.543. The Morgan fingerprint density at radius 2 is 1.47 bits per heavy atom. The minimum atomic E-state index is -0.571. The van der Waals surface area contributed by atoms with E-state index in [1.165, 1.54) is 24.3 Å². The lowest BCUT2D eigenvalue weighted by Crippen LogP contribution is -2.31. The van der Waals surface area contributed by atoms with E-state index in [0.717, 1.165) is 10.5 Å². The summed E-state index contributed by atoms with van der Waals surface area (Å²) in [4.78, 5) is 38.6. The first kappa shape index (κ1) is 21.3. The molecule has 3 aromatic carbocycles. The molecular formula is C24H17ClFN3O3. The number of carbonyl (C=O) groups excluding carboxylic acids is 3. The van der Waals surface area contributed by atoms with Crippen LogP contribution in [0.1, 0.15) is 15.9 Å². The van der Waals surface area contributed by atoms with Crippen molar-refractivity contribution < 1.29 is 18.8 Å². The van der Waals surface area contributed by atoms with Crippen molar-refractivity contribution in [3.63, 3.8) is 0 Å². The Hall–Kier alpha value is -3.97. The highest BCUT2D eigenvalue weighted by molar-refractivity contribution is 6.48. The first-order valence-corrected chi connectivity index (χ1v) is 10.0. The number of carbonyl (C=O) groups is 3. The van der Waals surface area contributed by atoms with Crippen molar-refractivity contribution in [3.8, 4) is 0 Å². The Kier molecular flexibility index (Phi) is 6.00. The molecule has 1 heterocycles. The first-order chi connectivity index (χ1) is 15.4. The third-order valence-corrected chi connectivity index (χ3v) is 5.16. The number of amides is 3. The average Bonchev–Trinajstić information content (AvgIpc) is 3.00. The van der Waals surface area contributed by atoms with Gasteiger partial charge in [0, 0.05) is 16.9 Å². The maximum atomic E-state index is 13.0. The lowest BCUT2D eigenvalue weighted by Gasteiger charge is -2.15. The number of halogens is 2. The van der Waals surface area contributed by atoms with Crippen LogP contribution in [0.2, 0.25) is 0 Å². The van der Waals surface area contributed by atoms with Gasteiger partial charge in [-0.05, 0) is 54.1 Å². The van der Waals surface area contributed by atoms with E-state index < -0.39 is 17.6 Å². The van der Waals surface area contributed by atoms with Gasteiger partial charge in [0.2, 0.25) is 0 Å². The maximum absolute atomic E-state index is 13.0. The van der Waals surface area contributed by atoms with Crippen LogP contribution in [0.3, 0.4) is 0 Å². The lowest BCUT2D eigenvalue weighted by molar-refractivity contribution is -0.138. The number of rotatable bonds is 6. The molecule has 32 heavy (non-hydrogen) atoms. The molecule has 0 aliphatic carbocycles. The highest BCUT2D eigenvalue weighted by Gasteiger charge is 2.37. The minimum Gasteiger partial charge on any atom is -0.350 e. The normalized spacial score (nSPS) is 13.5. The van der Waals surface area contributed by atoms with Crippen molar-refractivity contribution in [1.29, 1.82) is 0 Å². The molecule has 4 rings (SSSR count). The molecule has 1 aliphatic rings. The van der Waals surface area contributed by atoms with Gasteiger partial charge in [0.1, 0.15) is 16.5 Å². The van der Waals surface area contributed by atoms with Crippen molar-refractivity contribution in [2.24, 2.45) is 0 Å². The zero-order valence-corrected chi connectivity index (χ0v) is 17.4. The van der Waals surface area contributed by atoms with Gasteiger partial charge in [-0.15, -0.1) is 0 Å². The first-order valence-electron chi connectivity index (χ1n) is 9.66. The number of nitrogens with one attached hydrogen (secondary N) is 2. The van der Waals surface area contributed by atoms with Crippen LogP contribution in [-0.4, -0.2) is 22.6 Å². The molecule has 8 heteroatoms. The second kappa shape index (κ2) is 9.03. The van der Waals surface area contributed by atoms with Crippen LogP contribution in [0.25, 0.3) is 0 Å². The van der Waals surface area contributed by atoms with Gasteiger partial charge in [-0.25, -0.2) is 4.39 Å². The molecule has 2 N–H and O–H groups in total. The molecule has 0 saturated carbocycles. The number of benzene rings is 3. The van der Waals surface area contributed by atoms with Gasteiger partial charge in [0.05, 0.1) is 6.54 Å². The van der Waals surface area contributed by atoms with Crippen molar-refractivity contribution in [2.45, 2.75) is 6.54 Å². The highest BCUT2D eigenvalue weighted by Crippen LogP contribution is 2.27. The molecule has 0 unspecified atom stereocenters. The van der Waals surface area contributed by atoms with E-state index >= 15 is 0 Å². The van der Waals surface area contributed by atoms with E-state index in [4.69, 9.17) is 11.6 Å². The standard InChI is InChI=1S/C24H17ClFN3O3/c25-20-21(24(32)29(23(20)31)14-15-4-2-1-3-5-15)27-18-10-6-16(7-11-18)22(30)28-19-12-8-17(26)9-13-19/h1-13,27H,14H2,(H,28,30). The van der Waals surface area contributed by atoms with E-state index in [1.54, 1.807) is 24.3 Å². The third-order valence-electron chi connectivity index (χ3n) is 4.81. The van der Waals surface area contributed by atoms with Gasteiger partial charge >= 0.3 is 0 Å². The van der Waals surface area contributed by atoms with Crippen molar-refractivity contribution >= 4 is 40.7 Å². The van der Waals surface area contributed by atoms with E-state index in [9.17, 15) is 18.8 Å². The molecule has 0 radical (unpaired) electrons. The second-order valence-corrected chi connectivity index (χ2v) is 7.41. The predicted molar refractivity (Wildman–Crippen MR) is 119 cm³/mol. The summed E-state index contributed by atoms with van der Waals surface area (Å²) in [7, 11) is 0. The minimum absolute atomic E-state index is 0.0175. The Balaban J connectivity index is 1.43. The van der Waals surface area contributed by atoms with Crippen molar-refractivity contribution in [1.82, 2.24) is 4.90 Å². The SMILES string of the molecule is O=C(Nc1ccc(F)cc1)c1ccc(NC2=C(Cl)C(=O)N(Cc3ccccc3)C2=O)cc1. The van der Waals surface area contributed by atoms with Gasteiger partial charge in [-0.3, -0.25) is 19.3 Å². The van der Waals surface area contributed by atoms with Gasteiger partial charge in [-0.1, -0.05) is 41.9 Å². The number of hydrogen-bond acceptors (Lipinski definition) is 4. The van der Waals surface area contributed by atoms with Crippen LogP contribution in [0.5, 0.6) is 0 Å². The monoisotopic (exact) mass is 449 g/mol. The number of imide groups is 1. The van der Waals surface area contributed by atoms with Crippen LogP contribution in [0.4, 0.5) is 15.8 Å². The number of hydrogen-bond donors (Lipinski definition) is 2. The van der Waals surface area contributed by atoms with Crippen LogP contribution in [0, 0.1) is 5.82 Å². The zero-order valence-electron chi connectivity index (χ0n) is 16.6. The van der Waals surface area contributed by atoms with Crippen molar-refractivity contribution in [3.05, 3.63) is 107 Å². The van der Waals surface area contributed by atoms with Gasteiger partial charge in [0.15, 0.2) is 0 Å². The lowest BCUT2D eigenvalue weighted by atomic mass is 10.2. The number of anilines is 2. The molecule has 0 aromatic heterocycles. The molecule has 6 nitrogen and oxygen atoms in total. The fourth-order valence-electron chi connectivity index (χ4n) is 3.15. The third kappa shape index (κ3) is 4.53. The summed E-state index contributed by atoms with van der Waals surface area (Å²) in [6.45, 7) is 0.113. The molecule has 3 aromatic rings. The second-order valence-electron chi connectivity index (χ2n) is 7.03. The van der Waals surface area contributed by atoms with Gasteiger partial charge in [0.25, 0.3) is 17.7 Å². The Morgan fingerprint density at radius 1 is 0.844 bits per heavy atom. The van der Waals surface area contributed by atoms with E-state index in [-0.39, 0.29) is 23.2 Å². The fraction of sp³-hybridized carbons (Fsp3) is 0.0417. The maximum Gasteiger partial charge on any atom is 0.279 e. The summed E-state index contributed by atoms with van der Waals surface area (Å²) in [6.07, 6.45) is 0. The Bertz CT molecular complexity index is 1210. The van der Waals surface area contributed by atoms with E-state index in [1.807, 2.05) is 30.3 Å². The van der Waals surface area contributed by atoms with Crippen LogP contribution < -0.4 is 10.6 Å². The largest absolute Gasteiger partial charge is 0.350 e. The molecule has 0 saturated heterocycles. The van der Waals surface area contributed by atoms with Crippen LogP contribution in [0.15, 0.2) is 89.6 Å². The summed E-state index contributed by atoms with van der Waals surface area (Å²) in [5.41, 5.74) is 2.09. The van der Waals surface area contributed by atoms with Gasteiger partial charge < -0.3 is 10.6 Å². The predicted octanol–water partition coefficient (Wildman–Crippen LogP) is 4.51. The van der Waals surface area contributed by atoms with E-state index in [2.05, 4.69) is 10.6 Å². The molecule has 0 fully saturated rings. The molecule has 1 aliphatic heterocycles. The summed E-state index contributed by atoms with van der Waals surface area (Å²) in [5, 5.41) is 5.35. The number of nitrogens with zero attached hydrogens (tertiary/aromatic N) is 1. The molecule has 0 spiro atoms. The zero-order chi connectivity index (χ0) is 22.7. The molecule has 0 bridgehead atoms. The molecular weight excluding hydrogens is 433 g/mol. The smallest absolute Gasteiger partial charge is 0.279 e. The van der Waals surface area contributed by atoms with Crippen molar-refractivity contribution in [2.75, 3.05) is 10.6 Å². The van der Waals surface area contributed by atoms with Crippen LogP contribution in [-0.2, 0) is 16.1 Å². The van der Waals surface area contributed by atoms with Crippen LogP contribution >= 0.6 is 11.6 Å². The summed E-state index contributed by atoms with van der Waals surface area (Å²) >= 11 is 6.13. The molecule has 0 atom stereocenters. The molecule has 160 valence electrons. The van der Waals surface area contributed by atoms with Gasteiger partial charge in [-0.2, -0.15) is 0 Å². The fourth-order valence-corrected chi connectivity index (χ4v) is 3.38. The average molecular weight is 450 g/mol.